The van der Waals surface area contributed by atoms with E-state index in [1.54, 1.807) is 36.4 Å². The molecule has 1 unspecified atom stereocenters. The number of hydrogen-bond acceptors (Lipinski definition) is 5. The maximum absolute atomic E-state index is 12.7. The molecule has 6 nitrogen and oxygen atoms in total. The van der Waals surface area contributed by atoms with Gasteiger partial charge in [0, 0.05) is 17.3 Å². The summed E-state index contributed by atoms with van der Waals surface area (Å²) in [5, 5.41) is 2.88. The zero-order valence-electron chi connectivity index (χ0n) is 20.6. The van der Waals surface area contributed by atoms with Crippen LogP contribution in [-0.4, -0.2) is 25.1 Å². The first-order valence-electron chi connectivity index (χ1n) is 12.0. The third kappa shape index (κ3) is 7.60. The Hall–Kier alpha value is -3.80. The largest absolute Gasteiger partial charge is 0.490 e. The lowest BCUT2D eigenvalue weighted by Gasteiger charge is -2.25. The molecule has 0 aliphatic carbocycles. The van der Waals surface area contributed by atoms with Crippen molar-refractivity contribution >= 4 is 17.6 Å². The quantitative estimate of drug-likeness (QED) is 0.229. The molecule has 6 heteroatoms. The Morgan fingerprint density at radius 3 is 2.23 bits per heavy atom. The number of carbonyl (C=O) groups excluding carboxylic acids is 2. The maximum atomic E-state index is 12.7. The average molecular weight is 476 g/mol. The molecule has 0 saturated heterocycles. The van der Waals surface area contributed by atoms with Crippen molar-refractivity contribution in [2.45, 2.75) is 40.0 Å². The summed E-state index contributed by atoms with van der Waals surface area (Å²) in [7, 11) is 0. The molecular formula is C29H33NO5. The lowest BCUT2D eigenvalue weighted by molar-refractivity contribution is -0.156. The predicted octanol–water partition coefficient (Wildman–Crippen LogP) is 6.87. The van der Waals surface area contributed by atoms with Gasteiger partial charge >= 0.3 is 5.97 Å². The fraction of sp³-hybridized carbons (Fsp3) is 0.310. The van der Waals surface area contributed by atoms with Gasteiger partial charge in [-0.25, -0.2) is 0 Å². The molecule has 0 spiro atoms. The van der Waals surface area contributed by atoms with Gasteiger partial charge in [0.1, 0.15) is 30.5 Å². The van der Waals surface area contributed by atoms with Crippen LogP contribution in [0.3, 0.4) is 0 Å². The lowest BCUT2D eigenvalue weighted by atomic mass is 9.83. The number of benzene rings is 3. The van der Waals surface area contributed by atoms with Gasteiger partial charge in [0.2, 0.25) is 0 Å². The van der Waals surface area contributed by atoms with E-state index >= 15 is 0 Å². The predicted molar refractivity (Wildman–Crippen MR) is 137 cm³/mol. The molecule has 1 atom stereocenters. The first-order chi connectivity index (χ1) is 16.9. The standard InChI is InChI=1S/C29H33NO5/c1-4-18-29(3,5-2)28(32)34-20-19-33-24-16-14-22(15-17-24)27(31)30-23-10-9-13-26(21-23)35-25-11-7-6-8-12-25/h6-17,21H,4-5,18-20H2,1-3H3,(H,30,31). The van der Waals surface area contributed by atoms with Crippen LogP contribution in [0.1, 0.15) is 50.4 Å². The van der Waals surface area contributed by atoms with Gasteiger partial charge in [-0.2, -0.15) is 0 Å². The van der Waals surface area contributed by atoms with E-state index in [1.807, 2.05) is 56.3 Å². The zero-order valence-corrected chi connectivity index (χ0v) is 20.6. The highest BCUT2D eigenvalue weighted by molar-refractivity contribution is 6.04. The van der Waals surface area contributed by atoms with Crippen molar-refractivity contribution in [1.29, 1.82) is 0 Å². The maximum Gasteiger partial charge on any atom is 0.311 e. The van der Waals surface area contributed by atoms with Gasteiger partial charge < -0.3 is 19.5 Å². The minimum Gasteiger partial charge on any atom is -0.490 e. The molecule has 184 valence electrons. The van der Waals surface area contributed by atoms with Gasteiger partial charge in [0.05, 0.1) is 5.41 Å². The molecule has 35 heavy (non-hydrogen) atoms. The fourth-order valence-corrected chi connectivity index (χ4v) is 3.61. The summed E-state index contributed by atoms with van der Waals surface area (Å²) < 4.78 is 16.9. The van der Waals surface area contributed by atoms with E-state index in [1.165, 1.54) is 0 Å². The fourth-order valence-electron chi connectivity index (χ4n) is 3.61. The second kappa shape index (κ2) is 12.6. The molecule has 0 saturated carbocycles. The number of carbonyl (C=O) groups is 2. The summed E-state index contributed by atoms with van der Waals surface area (Å²) in [6.07, 6.45) is 2.48. The van der Waals surface area contributed by atoms with E-state index in [0.29, 0.717) is 22.7 Å². The van der Waals surface area contributed by atoms with Crippen LogP contribution in [0.2, 0.25) is 0 Å². The van der Waals surface area contributed by atoms with Gasteiger partial charge in [0.15, 0.2) is 0 Å². The van der Waals surface area contributed by atoms with Crippen molar-refractivity contribution < 1.29 is 23.8 Å². The highest BCUT2D eigenvalue weighted by Crippen LogP contribution is 2.29. The molecule has 3 aromatic carbocycles. The van der Waals surface area contributed by atoms with Gasteiger partial charge in [-0.1, -0.05) is 44.5 Å². The van der Waals surface area contributed by atoms with E-state index in [9.17, 15) is 9.59 Å². The highest BCUT2D eigenvalue weighted by Gasteiger charge is 2.31. The van der Waals surface area contributed by atoms with Crippen molar-refractivity contribution in [3.05, 3.63) is 84.4 Å². The average Bonchev–Trinajstić information content (AvgIpc) is 2.87. The Balaban J connectivity index is 1.48. The van der Waals surface area contributed by atoms with Crippen molar-refractivity contribution in [1.82, 2.24) is 0 Å². The number of hydrogen-bond donors (Lipinski definition) is 1. The molecular weight excluding hydrogens is 442 g/mol. The van der Waals surface area contributed by atoms with Gasteiger partial charge in [0.25, 0.3) is 5.91 Å². The van der Waals surface area contributed by atoms with E-state index in [2.05, 4.69) is 12.2 Å². The molecule has 3 aromatic rings. The molecule has 1 amide bonds. The number of anilines is 1. The minimum atomic E-state index is -0.447. The third-order valence-corrected chi connectivity index (χ3v) is 5.85. The van der Waals surface area contributed by atoms with Crippen molar-refractivity contribution in [2.75, 3.05) is 18.5 Å². The first-order valence-corrected chi connectivity index (χ1v) is 12.0. The van der Waals surface area contributed by atoms with Crippen LogP contribution >= 0.6 is 0 Å². The van der Waals surface area contributed by atoms with Crippen LogP contribution in [0.25, 0.3) is 0 Å². The monoisotopic (exact) mass is 475 g/mol. The summed E-state index contributed by atoms with van der Waals surface area (Å²) in [4.78, 5) is 25.0. The second-order valence-electron chi connectivity index (χ2n) is 8.57. The van der Waals surface area contributed by atoms with E-state index in [4.69, 9.17) is 14.2 Å². The zero-order chi connectivity index (χ0) is 25.1. The molecule has 0 radical (unpaired) electrons. The summed E-state index contributed by atoms with van der Waals surface area (Å²) in [6, 6.07) is 23.5. The van der Waals surface area contributed by atoms with Gasteiger partial charge in [-0.05, 0) is 68.3 Å². The first kappa shape index (κ1) is 25.8. The summed E-state index contributed by atoms with van der Waals surface area (Å²) in [5.74, 6) is 1.53. The topological polar surface area (TPSA) is 73.9 Å². The van der Waals surface area contributed by atoms with Gasteiger partial charge in [-0.15, -0.1) is 0 Å². The highest BCUT2D eigenvalue weighted by atomic mass is 16.6. The molecule has 1 N–H and O–H groups in total. The Morgan fingerprint density at radius 1 is 0.829 bits per heavy atom. The third-order valence-electron chi connectivity index (χ3n) is 5.85. The number of rotatable bonds is 12. The van der Waals surface area contributed by atoms with Crippen LogP contribution in [0.4, 0.5) is 5.69 Å². The van der Waals surface area contributed by atoms with Crippen LogP contribution < -0.4 is 14.8 Å². The van der Waals surface area contributed by atoms with Crippen molar-refractivity contribution in [3.63, 3.8) is 0 Å². The molecule has 0 aliphatic heterocycles. The Labute approximate surface area is 207 Å². The van der Waals surface area contributed by atoms with Crippen LogP contribution in [0, 0.1) is 5.41 Å². The van der Waals surface area contributed by atoms with Crippen LogP contribution in [-0.2, 0) is 9.53 Å². The molecule has 3 rings (SSSR count). The van der Waals surface area contributed by atoms with Crippen molar-refractivity contribution in [3.8, 4) is 17.2 Å². The molecule has 0 aromatic heterocycles. The Bertz CT molecular complexity index is 1100. The Kier molecular flexibility index (Phi) is 9.30. The number of para-hydroxylation sites is 1. The van der Waals surface area contributed by atoms with E-state index in [-0.39, 0.29) is 25.1 Å². The molecule has 0 fully saturated rings. The number of amides is 1. The Morgan fingerprint density at radius 2 is 1.54 bits per heavy atom. The number of esters is 1. The normalized spacial score (nSPS) is 12.3. The van der Waals surface area contributed by atoms with Crippen LogP contribution in [0.15, 0.2) is 78.9 Å². The second-order valence-corrected chi connectivity index (χ2v) is 8.57. The SMILES string of the molecule is CCCC(C)(CC)C(=O)OCCOc1ccc(C(=O)Nc2cccc(Oc3ccccc3)c2)cc1. The minimum absolute atomic E-state index is 0.182. The number of nitrogens with one attached hydrogen (secondary N) is 1. The summed E-state index contributed by atoms with van der Waals surface area (Å²) >= 11 is 0. The summed E-state index contributed by atoms with van der Waals surface area (Å²) in [5.41, 5.74) is 0.681. The van der Waals surface area contributed by atoms with Crippen molar-refractivity contribution in [2.24, 2.45) is 5.41 Å². The lowest BCUT2D eigenvalue weighted by Crippen LogP contribution is -2.30. The smallest absolute Gasteiger partial charge is 0.311 e. The summed E-state index contributed by atoms with van der Waals surface area (Å²) in [6.45, 7) is 6.43. The van der Waals surface area contributed by atoms with Crippen LogP contribution in [0.5, 0.6) is 17.2 Å². The van der Waals surface area contributed by atoms with Gasteiger partial charge in [-0.3, -0.25) is 9.59 Å². The molecule has 0 heterocycles. The number of ether oxygens (including phenoxy) is 3. The van der Waals surface area contributed by atoms with E-state index in [0.717, 1.165) is 25.0 Å². The molecule has 0 bridgehead atoms. The molecule has 0 aliphatic rings. The van der Waals surface area contributed by atoms with E-state index < -0.39 is 5.41 Å².